The molecule has 1 aliphatic rings. The van der Waals surface area contributed by atoms with E-state index in [9.17, 15) is 0 Å². The topological polar surface area (TPSA) is 12.0 Å². The van der Waals surface area contributed by atoms with E-state index in [4.69, 9.17) is 0 Å². The maximum absolute atomic E-state index is 3.62. The average Bonchev–Trinajstić information content (AvgIpc) is 2.39. The van der Waals surface area contributed by atoms with Gasteiger partial charge in [0.1, 0.15) is 0 Å². The molecule has 0 saturated carbocycles. The number of thioether (sulfide) groups is 1. The summed E-state index contributed by atoms with van der Waals surface area (Å²) >= 11 is 1.94. The Labute approximate surface area is 109 Å². The van der Waals surface area contributed by atoms with E-state index in [1.54, 1.807) is 11.1 Å². The Hall–Kier alpha value is -0.470. The molecule has 0 fully saturated rings. The Bertz CT molecular complexity index is 337. The first-order valence-electron chi connectivity index (χ1n) is 6.69. The highest BCUT2D eigenvalue weighted by Crippen LogP contribution is 2.30. The Kier molecular flexibility index (Phi) is 5.40. The minimum atomic E-state index is 0.745. The van der Waals surface area contributed by atoms with Crippen LogP contribution in [0.3, 0.4) is 0 Å². The first-order valence-corrected chi connectivity index (χ1v) is 8.08. The molecular formula is C15H23NS. The van der Waals surface area contributed by atoms with Gasteiger partial charge in [-0.2, -0.15) is 11.8 Å². The Balaban J connectivity index is 1.82. The summed E-state index contributed by atoms with van der Waals surface area (Å²) < 4.78 is 0. The lowest BCUT2D eigenvalue weighted by Crippen LogP contribution is -2.25. The number of fused-ring (bicyclic) bond motifs is 1. The van der Waals surface area contributed by atoms with Gasteiger partial charge in [-0.1, -0.05) is 24.3 Å². The summed E-state index contributed by atoms with van der Waals surface area (Å²) in [7, 11) is 0. The van der Waals surface area contributed by atoms with E-state index in [2.05, 4.69) is 35.8 Å². The van der Waals surface area contributed by atoms with Gasteiger partial charge in [0, 0.05) is 6.54 Å². The highest BCUT2D eigenvalue weighted by Gasteiger charge is 2.18. The van der Waals surface area contributed by atoms with Crippen molar-refractivity contribution < 1.29 is 0 Å². The molecule has 1 aromatic rings. The van der Waals surface area contributed by atoms with E-state index in [0.717, 1.165) is 12.5 Å². The molecule has 1 unspecified atom stereocenters. The summed E-state index contributed by atoms with van der Waals surface area (Å²) in [6.07, 6.45) is 7.45. The van der Waals surface area contributed by atoms with Gasteiger partial charge in [-0.3, -0.25) is 0 Å². The highest BCUT2D eigenvalue weighted by molar-refractivity contribution is 7.98. The van der Waals surface area contributed by atoms with Crippen molar-refractivity contribution in [2.24, 2.45) is 0 Å². The van der Waals surface area contributed by atoms with Gasteiger partial charge < -0.3 is 5.32 Å². The molecule has 0 saturated heterocycles. The molecule has 0 radical (unpaired) electrons. The molecule has 1 aliphatic carbocycles. The van der Waals surface area contributed by atoms with Crippen molar-refractivity contribution >= 4 is 11.8 Å². The van der Waals surface area contributed by atoms with Crippen molar-refractivity contribution in [2.75, 3.05) is 25.1 Å². The Morgan fingerprint density at radius 3 is 3.12 bits per heavy atom. The molecule has 0 aliphatic heterocycles. The average molecular weight is 249 g/mol. The van der Waals surface area contributed by atoms with Crippen molar-refractivity contribution in [3.63, 3.8) is 0 Å². The summed E-state index contributed by atoms with van der Waals surface area (Å²) in [5.74, 6) is 2.02. The lowest BCUT2D eigenvalue weighted by atomic mass is 9.83. The molecule has 2 rings (SSSR count). The molecule has 0 amide bonds. The van der Waals surface area contributed by atoms with Crippen LogP contribution in [0, 0.1) is 0 Å². The molecule has 0 spiro atoms. The predicted octanol–water partition coefficient (Wildman–Crippen LogP) is 3.45. The highest BCUT2D eigenvalue weighted by atomic mass is 32.2. The third-order valence-corrected chi connectivity index (χ3v) is 4.28. The first-order chi connectivity index (χ1) is 8.42. The number of hydrogen-bond acceptors (Lipinski definition) is 2. The van der Waals surface area contributed by atoms with Crippen molar-refractivity contribution in [1.29, 1.82) is 0 Å². The van der Waals surface area contributed by atoms with Crippen molar-refractivity contribution in [3.05, 3.63) is 35.4 Å². The fraction of sp³-hybridized carbons (Fsp3) is 0.600. The molecular weight excluding hydrogens is 226 g/mol. The van der Waals surface area contributed by atoms with Crippen LogP contribution in [0.1, 0.15) is 36.3 Å². The molecule has 1 aromatic carbocycles. The van der Waals surface area contributed by atoms with Gasteiger partial charge in [-0.25, -0.2) is 0 Å². The first kappa shape index (κ1) is 13.0. The van der Waals surface area contributed by atoms with E-state index >= 15 is 0 Å². The minimum Gasteiger partial charge on any atom is -0.316 e. The van der Waals surface area contributed by atoms with Gasteiger partial charge >= 0.3 is 0 Å². The van der Waals surface area contributed by atoms with Crippen LogP contribution in [0.5, 0.6) is 0 Å². The van der Waals surface area contributed by atoms with Gasteiger partial charge in [-0.05, 0) is 61.3 Å². The summed E-state index contributed by atoms with van der Waals surface area (Å²) in [4.78, 5) is 0. The van der Waals surface area contributed by atoms with E-state index in [-0.39, 0.29) is 0 Å². The van der Waals surface area contributed by atoms with Crippen LogP contribution in [-0.2, 0) is 6.42 Å². The van der Waals surface area contributed by atoms with Crippen LogP contribution < -0.4 is 5.32 Å². The van der Waals surface area contributed by atoms with Crippen molar-refractivity contribution in [1.82, 2.24) is 5.32 Å². The quantitative estimate of drug-likeness (QED) is 0.775. The smallest absolute Gasteiger partial charge is 0.00202 e. The molecule has 94 valence electrons. The normalized spacial score (nSPS) is 19.0. The fourth-order valence-corrected chi connectivity index (χ4v) is 3.12. The van der Waals surface area contributed by atoms with Crippen LogP contribution in [0.15, 0.2) is 24.3 Å². The Morgan fingerprint density at radius 1 is 1.35 bits per heavy atom. The predicted molar refractivity (Wildman–Crippen MR) is 78.0 cm³/mol. The molecule has 0 bridgehead atoms. The van der Waals surface area contributed by atoms with Crippen LogP contribution >= 0.6 is 11.8 Å². The molecule has 1 atom stereocenters. The van der Waals surface area contributed by atoms with Crippen molar-refractivity contribution in [2.45, 2.75) is 31.6 Å². The standard InChI is InChI=1S/C15H23NS/c1-17-11-5-10-16-12-14-8-4-7-13-6-2-3-9-15(13)14/h2-3,6,9,14,16H,4-5,7-8,10-12H2,1H3. The van der Waals surface area contributed by atoms with Crippen LogP contribution in [0.25, 0.3) is 0 Å². The number of hydrogen-bond donors (Lipinski definition) is 1. The SMILES string of the molecule is CSCCCNCC1CCCc2ccccc21. The van der Waals surface area contributed by atoms with Gasteiger partial charge in [0.25, 0.3) is 0 Å². The number of aryl methyl sites for hydroxylation is 1. The Morgan fingerprint density at radius 2 is 2.24 bits per heavy atom. The van der Waals surface area contributed by atoms with Gasteiger partial charge in [-0.15, -0.1) is 0 Å². The minimum absolute atomic E-state index is 0.745. The zero-order chi connectivity index (χ0) is 11.9. The van der Waals surface area contributed by atoms with Crippen LogP contribution in [-0.4, -0.2) is 25.1 Å². The zero-order valence-corrected chi connectivity index (χ0v) is 11.6. The maximum atomic E-state index is 3.62. The third-order valence-electron chi connectivity index (χ3n) is 3.59. The molecule has 0 heterocycles. The summed E-state index contributed by atoms with van der Waals surface area (Å²) in [5, 5.41) is 3.62. The number of benzene rings is 1. The lowest BCUT2D eigenvalue weighted by Gasteiger charge is -2.25. The second kappa shape index (κ2) is 7.07. The second-order valence-corrected chi connectivity index (χ2v) is 5.82. The molecule has 0 aromatic heterocycles. The monoisotopic (exact) mass is 249 g/mol. The van der Waals surface area contributed by atoms with E-state index in [0.29, 0.717) is 0 Å². The van der Waals surface area contributed by atoms with Crippen LogP contribution in [0.4, 0.5) is 0 Å². The fourth-order valence-electron chi connectivity index (χ4n) is 2.68. The summed E-state index contributed by atoms with van der Waals surface area (Å²) in [6.45, 7) is 2.32. The van der Waals surface area contributed by atoms with Gasteiger partial charge in [0.05, 0.1) is 0 Å². The van der Waals surface area contributed by atoms with E-state index in [1.807, 2.05) is 11.8 Å². The van der Waals surface area contributed by atoms with Gasteiger partial charge in [0.2, 0.25) is 0 Å². The van der Waals surface area contributed by atoms with Crippen LogP contribution in [0.2, 0.25) is 0 Å². The van der Waals surface area contributed by atoms with Crippen molar-refractivity contribution in [3.8, 4) is 0 Å². The second-order valence-electron chi connectivity index (χ2n) is 4.84. The zero-order valence-electron chi connectivity index (χ0n) is 10.7. The molecule has 1 N–H and O–H groups in total. The number of rotatable bonds is 6. The third kappa shape index (κ3) is 3.75. The largest absolute Gasteiger partial charge is 0.316 e. The lowest BCUT2D eigenvalue weighted by molar-refractivity contribution is 0.508. The summed E-state index contributed by atoms with van der Waals surface area (Å²) in [6, 6.07) is 8.98. The molecule has 1 nitrogen and oxygen atoms in total. The maximum Gasteiger partial charge on any atom is 0.00202 e. The van der Waals surface area contributed by atoms with E-state index < -0.39 is 0 Å². The van der Waals surface area contributed by atoms with E-state index in [1.165, 1.54) is 38.0 Å². The molecule has 17 heavy (non-hydrogen) atoms. The summed E-state index contributed by atoms with van der Waals surface area (Å²) in [5.41, 5.74) is 3.17. The molecule has 2 heteroatoms. The number of nitrogens with one attached hydrogen (secondary N) is 1. The van der Waals surface area contributed by atoms with Gasteiger partial charge in [0.15, 0.2) is 0 Å².